The number of amides is 1. The first-order valence-electron chi connectivity index (χ1n) is 10.3. The van der Waals surface area contributed by atoms with Gasteiger partial charge in [-0.15, -0.1) is 0 Å². The molecule has 0 aliphatic rings. The highest BCUT2D eigenvalue weighted by molar-refractivity contribution is 5.89. The predicted octanol–water partition coefficient (Wildman–Crippen LogP) is 4.49. The number of rotatable bonds is 7. The number of pyridine rings is 1. The quantitative estimate of drug-likeness (QED) is 0.541. The number of ether oxygens (including phenoxy) is 1. The summed E-state index contributed by atoms with van der Waals surface area (Å²) in [4.78, 5) is 31.4. The molecule has 0 spiro atoms. The number of nitrogens with zero attached hydrogens (tertiary/aromatic N) is 3. The minimum absolute atomic E-state index is 0.0800. The van der Waals surface area contributed by atoms with Crippen LogP contribution in [0.1, 0.15) is 48.8 Å². The number of carbonyl (C=O) groups excluding carboxylic acids is 2. The highest BCUT2D eigenvalue weighted by Crippen LogP contribution is 2.27. The summed E-state index contributed by atoms with van der Waals surface area (Å²) in [6, 6.07) is 11.7. The van der Waals surface area contributed by atoms with E-state index in [1.54, 1.807) is 31.1 Å². The Bertz CT molecular complexity index is 1050. The van der Waals surface area contributed by atoms with Crippen LogP contribution in [0, 0.1) is 12.8 Å². The summed E-state index contributed by atoms with van der Waals surface area (Å²) in [6.07, 6.45) is 2.23. The third-order valence-corrected chi connectivity index (χ3v) is 4.95. The van der Waals surface area contributed by atoms with Gasteiger partial charge in [0.25, 0.3) is 0 Å². The van der Waals surface area contributed by atoms with Crippen LogP contribution in [0.15, 0.2) is 42.6 Å². The lowest BCUT2D eigenvalue weighted by molar-refractivity contribution is -0.131. The number of benzene rings is 1. The molecular weight excluding hydrogens is 378 g/mol. The van der Waals surface area contributed by atoms with Crippen molar-refractivity contribution in [2.24, 2.45) is 5.92 Å². The molecule has 0 aliphatic carbocycles. The highest BCUT2D eigenvalue weighted by atomic mass is 16.5. The van der Waals surface area contributed by atoms with Crippen LogP contribution in [0.3, 0.4) is 0 Å². The van der Waals surface area contributed by atoms with Crippen LogP contribution in [0.25, 0.3) is 16.9 Å². The van der Waals surface area contributed by atoms with Crippen LogP contribution >= 0.6 is 0 Å². The largest absolute Gasteiger partial charge is 0.462 e. The smallest absolute Gasteiger partial charge is 0.339 e. The monoisotopic (exact) mass is 407 g/mol. The molecule has 0 N–H and O–H groups in total. The van der Waals surface area contributed by atoms with Gasteiger partial charge in [0.2, 0.25) is 5.91 Å². The number of hydrogen-bond donors (Lipinski definition) is 0. The molecule has 6 nitrogen and oxygen atoms in total. The van der Waals surface area contributed by atoms with Crippen molar-refractivity contribution in [3.05, 3.63) is 59.4 Å². The Kier molecular flexibility index (Phi) is 6.55. The molecule has 1 amide bonds. The van der Waals surface area contributed by atoms with E-state index in [1.165, 1.54) is 0 Å². The number of fused-ring (bicyclic) bond motifs is 1. The third kappa shape index (κ3) is 4.70. The summed E-state index contributed by atoms with van der Waals surface area (Å²) in [6.45, 7) is 8.59. The van der Waals surface area contributed by atoms with E-state index in [0.717, 1.165) is 28.2 Å². The Morgan fingerprint density at radius 1 is 1.13 bits per heavy atom. The minimum atomic E-state index is -0.375. The second kappa shape index (κ2) is 9.11. The molecule has 0 aliphatic heterocycles. The van der Waals surface area contributed by atoms with Gasteiger partial charge >= 0.3 is 5.97 Å². The highest BCUT2D eigenvalue weighted by Gasteiger charge is 2.20. The van der Waals surface area contributed by atoms with Crippen LogP contribution in [0.2, 0.25) is 0 Å². The molecule has 0 radical (unpaired) electrons. The zero-order valence-corrected chi connectivity index (χ0v) is 18.3. The number of aromatic nitrogens is 2. The lowest BCUT2D eigenvalue weighted by atomic mass is 10.1. The van der Waals surface area contributed by atoms with Gasteiger partial charge in [0, 0.05) is 25.2 Å². The number of esters is 1. The second-order valence-electron chi connectivity index (χ2n) is 7.99. The number of hydrogen-bond acceptors (Lipinski definition) is 4. The average Bonchev–Trinajstić information content (AvgIpc) is 3.05. The molecule has 0 bridgehead atoms. The van der Waals surface area contributed by atoms with E-state index in [-0.39, 0.29) is 17.8 Å². The fourth-order valence-corrected chi connectivity index (χ4v) is 3.34. The van der Waals surface area contributed by atoms with Crippen molar-refractivity contribution in [1.82, 2.24) is 14.3 Å². The Morgan fingerprint density at radius 2 is 1.83 bits per heavy atom. The van der Waals surface area contributed by atoms with Crippen molar-refractivity contribution in [2.45, 2.75) is 40.7 Å². The molecule has 3 aromatic rings. The molecule has 3 rings (SSSR count). The number of carbonyl (C=O) groups is 2. The molecule has 6 heteroatoms. The van der Waals surface area contributed by atoms with Crippen molar-refractivity contribution in [2.75, 3.05) is 13.7 Å². The molecule has 0 saturated heterocycles. The van der Waals surface area contributed by atoms with E-state index in [4.69, 9.17) is 9.72 Å². The van der Waals surface area contributed by atoms with Crippen molar-refractivity contribution in [3.8, 4) is 11.3 Å². The van der Waals surface area contributed by atoms with Crippen molar-refractivity contribution >= 4 is 17.5 Å². The third-order valence-electron chi connectivity index (χ3n) is 4.95. The molecule has 0 atom stereocenters. The zero-order chi connectivity index (χ0) is 21.8. The summed E-state index contributed by atoms with van der Waals surface area (Å²) in [7, 11) is 1.80. The van der Waals surface area contributed by atoms with Crippen LogP contribution in [-0.4, -0.2) is 39.8 Å². The van der Waals surface area contributed by atoms with Gasteiger partial charge in [-0.05, 0) is 31.9 Å². The van der Waals surface area contributed by atoms with Crippen molar-refractivity contribution in [3.63, 3.8) is 0 Å². The summed E-state index contributed by atoms with van der Waals surface area (Å²) in [5.74, 6) is -0.00866. The number of aryl methyl sites for hydroxylation is 1. The molecule has 30 heavy (non-hydrogen) atoms. The maximum atomic E-state index is 12.6. The first-order chi connectivity index (χ1) is 14.3. The van der Waals surface area contributed by atoms with E-state index in [1.807, 2.05) is 55.5 Å². The van der Waals surface area contributed by atoms with Crippen LogP contribution in [0.5, 0.6) is 0 Å². The molecule has 158 valence electrons. The van der Waals surface area contributed by atoms with Gasteiger partial charge in [0.05, 0.1) is 30.1 Å². The van der Waals surface area contributed by atoms with Gasteiger partial charge in [-0.2, -0.15) is 0 Å². The maximum absolute atomic E-state index is 12.6. The lowest BCUT2D eigenvalue weighted by Crippen LogP contribution is -2.28. The topological polar surface area (TPSA) is 63.9 Å². The van der Waals surface area contributed by atoms with Crippen LogP contribution in [0.4, 0.5) is 0 Å². The first kappa shape index (κ1) is 21.6. The van der Waals surface area contributed by atoms with Gasteiger partial charge in [-0.1, -0.05) is 43.7 Å². The van der Waals surface area contributed by atoms with Crippen molar-refractivity contribution < 1.29 is 14.3 Å². The van der Waals surface area contributed by atoms with Gasteiger partial charge in [-0.3, -0.25) is 4.79 Å². The van der Waals surface area contributed by atoms with Gasteiger partial charge in [0.15, 0.2) is 0 Å². The van der Waals surface area contributed by atoms with Gasteiger partial charge in [-0.25, -0.2) is 9.78 Å². The summed E-state index contributed by atoms with van der Waals surface area (Å²) >= 11 is 0. The second-order valence-corrected chi connectivity index (χ2v) is 7.99. The molecule has 1 aromatic carbocycles. The summed E-state index contributed by atoms with van der Waals surface area (Å²) in [5, 5.41) is 0. The van der Waals surface area contributed by atoms with Crippen LogP contribution < -0.4 is 0 Å². The van der Waals surface area contributed by atoms with Gasteiger partial charge < -0.3 is 14.0 Å². The van der Waals surface area contributed by atoms with E-state index in [0.29, 0.717) is 25.1 Å². The first-order valence-corrected chi connectivity index (χ1v) is 10.3. The summed E-state index contributed by atoms with van der Waals surface area (Å²) in [5.41, 5.74) is 4.98. The molecule has 2 aromatic heterocycles. The Balaban J connectivity index is 2.09. The van der Waals surface area contributed by atoms with E-state index in [2.05, 4.69) is 0 Å². The summed E-state index contributed by atoms with van der Waals surface area (Å²) < 4.78 is 7.04. The Hall–Kier alpha value is -3.15. The average molecular weight is 408 g/mol. The lowest BCUT2D eigenvalue weighted by Gasteiger charge is -2.19. The minimum Gasteiger partial charge on any atom is -0.462 e. The van der Waals surface area contributed by atoms with E-state index >= 15 is 0 Å². The molecule has 2 heterocycles. The molecular formula is C24H29N3O3. The molecule has 0 unspecified atom stereocenters. The standard InChI is InChI=1S/C24H29N3O3/c1-6-30-24(29)19-11-12-21-25-23(18-9-7-17(4)8-10-18)20(27(21)14-19)15-26(5)22(28)13-16(2)3/h7-12,14,16H,6,13,15H2,1-5H3. The SMILES string of the molecule is CCOC(=O)c1ccc2nc(-c3ccc(C)cc3)c(CN(C)C(=O)CC(C)C)n2c1. The Morgan fingerprint density at radius 3 is 2.47 bits per heavy atom. The fourth-order valence-electron chi connectivity index (χ4n) is 3.34. The molecule has 0 fully saturated rings. The van der Waals surface area contributed by atoms with E-state index < -0.39 is 0 Å². The Labute approximate surface area is 177 Å². The van der Waals surface area contributed by atoms with Crippen LogP contribution in [-0.2, 0) is 16.1 Å². The predicted molar refractivity (Wildman–Crippen MR) is 117 cm³/mol. The normalized spacial score (nSPS) is 11.1. The maximum Gasteiger partial charge on any atom is 0.339 e. The van der Waals surface area contributed by atoms with Gasteiger partial charge in [0.1, 0.15) is 5.65 Å². The fraction of sp³-hybridized carbons (Fsp3) is 0.375. The number of imidazole rings is 1. The van der Waals surface area contributed by atoms with Crippen molar-refractivity contribution in [1.29, 1.82) is 0 Å². The van der Waals surface area contributed by atoms with E-state index in [9.17, 15) is 9.59 Å². The zero-order valence-electron chi connectivity index (χ0n) is 18.3. The molecule has 0 saturated carbocycles.